The van der Waals surface area contributed by atoms with Crippen LogP contribution in [0.3, 0.4) is 0 Å². The van der Waals surface area contributed by atoms with Crippen molar-refractivity contribution in [3.8, 4) is 0 Å². The Kier molecular flexibility index (Phi) is 16.4. The molecule has 0 spiro atoms. The first-order chi connectivity index (χ1) is 9.63. The fourth-order valence-electron chi connectivity index (χ4n) is 1.87. The van der Waals surface area contributed by atoms with Crippen LogP contribution in [-0.2, 0) is 0 Å². The molecule has 0 radical (unpaired) electrons. The van der Waals surface area contributed by atoms with E-state index in [0.717, 1.165) is 39.3 Å². The van der Waals surface area contributed by atoms with Crippen molar-refractivity contribution in [3.05, 3.63) is 0 Å². The molecular weight excluding hydrogens is 363 g/mol. The summed E-state index contributed by atoms with van der Waals surface area (Å²) in [6.07, 6.45) is 4.98. The Balaban J connectivity index is 2.96. The lowest BCUT2D eigenvalue weighted by molar-refractivity contribution is 0.531. The standard InChI is InChI=1S/C15H35IN4/c1-14(2)19-12-6-10-17-8-4-5-9-18-11-7-13-20-15(3)16/h14-15,17-20H,4-13H2,1-3H3. The van der Waals surface area contributed by atoms with Crippen LogP contribution in [0.1, 0.15) is 46.5 Å². The van der Waals surface area contributed by atoms with Gasteiger partial charge in [-0.25, -0.2) is 0 Å². The summed E-state index contributed by atoms with van der Waals surface area (Å²) in [6, 6.07) is 0.608. The van der Waals surface area contributed by atoms with Gasteiger partial charge < -0.3 is 21.3 Å². The van der Waals surface area contributed by atoms with Crippen molar-refractivity contribution in [2.45, 2.75) is 56.5 Å². The zero-order valence-electron chi connectivity index (χ0n) is 13.6. The van der Waals surface area contributed by atoms with E-state index in [9.17, 15) is 0 Å². The molecule has 122 valence electrons. The van der Waals surface area contributed by atoms with Crippen LogP contribution in [0.2, 0.25) is 0 Å². The quantitative estimate of drug-likeness (QED) is 0.148. The summed E-state index contributed by atoms with van der Waals surface area (Å²) in [5, 5.41) is 13.9. The van der Waals surface area contributed by atoms with E-state index in [4.69, 9.17) is 0 Å². The first-order valence-electron chi connectivity index (χ1n) is 8.15. The second-order valence-electron chi connectivity index (χ2n) is 5.59. The van der Waals surface area contributed by atoms with Crippen LogP contribution < -0.4 is 21.3 Å². The molecule has 4 nitrogen and oxygen atoms in total. The molecular formula is C15H35IN4. The molecule has 0 aromatic rings. The first kappa shape index (κ1) is 20.6. The first-order valence-corrected chi connectivity index (χ1v) is 9.39. The normalized spacial score (nSPS) is 13.1. The van der Waals surface area contributed by atoms with Crippen molar-refractivity contribution in [1.82, 2.24) is 21.3 Å². The van der Waals surface area contributed by atoms with Crippen LogP contribution in [-0.4, -0.2) is 49.4 Å². The Morgan fingerprint density at radius 3 is 1.55 bits per heavy atom. The summed E-state index contributed by atoms with van der Waals surface area (Å²) in [6.45, 7) is 13.4. The van der Waals surface area contributed by atoms with E-state index in [1.165, 1.54) is 25.7 Å². The second-order valence-corrected chi connectivity index (χ2v) is 7.46. The third-order valence-corrected chi connectivity index (χ3v) is 3.44. The second kappa shape index (κ2) is 15.9. The minimum atomic E-state index is 0.578. The summed E-state index contributed by atoms with van der Waals surface area (Å²) in [4.78, 5) is 0. The molecule has 0 aromatic carbocycles. The maximum Gasteiger partial charge on any atom is 0.0564 e. The van der Waals surface area contributed by atoms with E-state index in [1.807, 2.05) is 0 Å². The van der Waals surface area contributed by atoms with Gasteiger partial charge in [0, 0.05) is 6.04 Å². The Morgan fingerprint density at radius 1 is 0.650 bits per heavy atom. The molecule has 0 amide bonds. The molecule has 0 aliphatic rings. The monoisotopic (exact) mass is 398 g/mol. The number of hydrogen-bond donors (Lipinski definition) is 4. The van der Waals surface area contributed by atoms with Gasteiger partial charge in [0.15, 0.2) is 0 Å². The fourth-order valence-corrected chi connectivity index (χ4v) is 2.18. The largest absolute Gasteiger partial charge is 0.317 e. The number of halogens is 1. The lowest BCUT2D eigenvalue weighted by atomic mass is 10.3. The number of hydrogen-bond acceptors (Lipinski definition) is 4. The Labute approximate surface area is 139 Å². The van der Waals surface area contributed by atoms with Gasteiger partial charge in [-0.05, 0) is 71.9 Å². The van der Waals surface area contributed by atoms with Crippen LogP contribution in [0.4, 0.5) is 0 Å². The predicted octanol–water partition coefficient (Wildman–Crippen LogP) is 2.09. The van der Waals surface area contributed by atoms with E-state index >= 15 is 0 Å². The molecule has 1 unspecified atom stereocenters. The molecule has 0 fully saturated rings. The zero-order chi connectivity index (χ0) is 15.1. The molecule has 0 saturated carbocycles. The average Bonchev–Trinajstić information content (AvgIpc) is 2.38. The molecule has 0 aliphatic carbocycles. The van der Waals surface area contributed by atoms with Gasteiger partial charge in [-0.1, -0.05) is 36.4 Å². The molecule has 0 bridgehead atoms. The Hall–Kier alpha value is 0.570. The van der Waals surface area contributed by atoms with Crippen molar-refractivity contribution in [1.29, 1.82) is 0 Å². The van der Waals surface area contributed by atoms with Crippen molar-refractivity contribution in [2.75, 3.05) is 39.3 Å². The minimum Gasteiger partial charge on any atom is -0.317 e. The van der Waals surface area contributed by atoms with Crippen molar-refractivity contribution in [2.24, 2.45) is 0 Å². The van der Waals surface area contributed by atoms with Gasteiger partial charge in [-0.15, -0.1) is 0 Å². The van der Waals surface area contributed by atoms with Crippen molar-refractivity contribution >= 4 is 22.6 Å². The van der Waals surface area contributed by atoms with Gasteiger partial charge in [0.2, 0.25) is 0 Å². The summed E-state index contributed by atoms with van der Waals surface area (Å²) >= 11 is 2.40. The minimum absolute atomic E-state index is 0.578. The highest BCUT2D eigenvalue weighted by Crippen LogP contribution is 1.91. The predicted molar refractivity (Wildman–Crippen MR) is 98.8 cm³/mol. The lowest BCUT2D eigenvalue weighted by Crippen LogP contribution is -2.27. The highest BCUT2D eigenvalue weighted by molar-refractivity contribution is 14.1. The smallest absolute Gasteiger partial charge is 0.0564 e. The average molecular weight is 398 g/mol. The molecule has 0 rings (SSSR count). The fraction of sp³-hybridized carbons (Fsp3) is 1.00. The Morgan fingerprint density at radius 2 is 1.10 bits per heavy atom. The van der Waals surface area contributed by atoms with Gasteiger partial charge in [-0.3, -0.25) is 0 Å². The lowest BCUT2D eigenvalue weighted by Gasteiger charge is -2.09. The zero-order valence-corrected chi connectivity index (χ0v) is 15.8. The van der Waals surface area contributed by atoms with Crippen LogP contribution >= 0.6 is 22.6 Å². The number of rotatable bonds is 15. The molecule has 20 heavy (non-hydrogen) atoms. The van der Waals surface area contributed by atoms with Crippen molar-refractivity contribution < 1.29 is 0 Å². The maximum absolute atomic E-state index is 3.50. The highest BCUT2D eigenvalue weighted by atomic mass is 127. The van der Waals surface area contributed by atoms with Crippen molar-refractivity contribution in [3.63, 3.8) is 0 Å². The summed E-state index contributed by atoms with van der Waals surface area (Å²) < 4.78 is 0.578. The topological polar surface area (TPSA) is 48.1 Å². The van der Waals surface area contributed by atoms with Crippen LogP contribution in [0.25, 0.3) is 0 Å². The SMILES string of the molecule is CC(C)NCCCNCCCCNCCCNC(C)I. The Bertz CT molecular complexity index is 169. The summed E-state index contributed by atoms with van der Waals surface area (Å²) in [5.74, 6) is 0. The number of alkyl halides is 1. The van der Waals surface area contributed by atoms with Gasteiger partial charge in [-0.2, -0.15) is 0 Å². The molecule has 1 atom stereocenters. The third-order valence-electron chi connectivity index (χ3n) is 3.00. The molecule has 0 heterocycles. The van der Waals surface area contributed by atoms with E-state index in [0.29, 0.717) is 10.1 Å². The van der Waals surface area contributed by atoms with E-state index < -0.39 is 0 Å². The van der Waals surface area contributed by atoms with Gasteiger partial charge >= 0.3 is 0 Å². The van der Waals surface area contributed by atoms with Crippen LogP contribution in [0, 0.1) is 0 Å². The number of unbranched alkanes of at least 4 members (excludes halogenated alkanes) is 1. The van der Waals surface area contributed by atoms with Gasteiger partial charge in [0.05, 0.1) is 4.05 Å². The summed E-state index contributed by atoms with van der Waals surface area (Å²) in [7, 11) is 0. The third kappa shape index (κ3) is 18.6. The van der Waals surface area contributed by atoms with E-state index in [2.05, 4.69) is 64.6 Å². The van der Waals surface area contributed by atoms with E-state index in [1.54, 1.807) is 0 Å². The van der Waals surface area contributed by atoms with Gasteiger partial charge in [0.25, 0.3) is 0 Å². The maximum atomic E-state index is 3.50. The molecule has 0 aromatic heterocycles. The highest BCUT2D eigenvalue weighted by Gasteiger charge is 1.94. The van der Waals surface area contributed by atoms with E-state index in [-0.39, 0.29) is 0 Å². The van der Waals surface area contributed by atoms with Gasteiger partial charge in [0.1, 0.15) is 0 Å². The van der Waals surface area contributed by atoms with Crippen LogP contribution in [0.5, 0.6) is 0 Å². The van der Waals surface area contributed by atoms with Crippen LogP contribution in [0.15, 0.2) is 0 Å². The molecule has 5 heteroatoms. The summed E-state index contributed by atoms with van der Waals surface area (Å²) in [5.41, 5.74) is 0. The molecule has 0 saturated heterocycles. The number of nitrogens with one attached hydrogen (secondary N) is 4. The molecule has 4 N–H and O–H groups in total. The molecule has 0 aliphatic heterocycles.